The van der Waals surface area contributed by atoms with Crippen LogP contribution in [0.1, 0.15) is 54.2 Å². The Morgan fingerprint density at radius 3 is 1.96 bits per heavy atom. The van der Waals surface area contributed by atoms with Gasteiger partial charge in [-0.05, 0) is 48.2 Å². The normalized spacial score (nSPS) is 11.7. The number of amides is 2. The van der Waals surface area contributed by atoms with Crippen molar-refractivity contribution < 1.29 is 14.3 Å². The maximum atomic E-state index is 12.1. The summed E-state index contributed by atoms with van der Waals surface area (Å²) < 4.78 is 4.64. The number of carbonyl (C=O) groups excluding carboxylic acids is 2. The van der Waals surface area contributed by atoms with Crippen LogP contribution in [0.25, 0.3) is 0 Å². The van der Waals surface area contributed by atoms with Gasteiger partial charge in [0.2, 0.25) is 0 Å². The third-order valence-electron chi connectivity index (χ3n) is 4.01. The molecule has 0 radical (unpaired) electrons. The Kier molecular flexibility index (Phi) is 6.17. The summed E-state index contributed by atoms with van der Waals surface area (Å²) in [5.74, 6) is 0.0723. The molecular formula is C20H24N2O3. The van der Waals surface area contributed by atoms with E-state index in [2.05, 4.69) is 41.4 Å². The molecule has 132 valence electrons. The average molecular weight is 340 g/mol. The van der Waals surface area contributed by atoms with E-state index in [1.165, 1.54) is 12.7 Å². The van der Waals surface area contributed by atoms with Crippen molar-refractivity contribution in [2.75, 3.05) is 12.4 Å². The molecular weight excluding hydrogens is 316 g/mol. The maximum absolute atomic E-state index is 12.1. The number of hydrogen-bond acceptors (Lipinski definition) is 3. The van der Waals surface area contributed by atoms with Gasteiger partial charge in [-0.1, -0.05) is 38.1 Å². The summed E-state index contributed by atoms with van der Waals surface area (Å²) in [4.78, 5) is 23.5. The molecule has 0 aliphatic rings. The number of ether oxygens (including phenoxy) is 1. The SMILES string of the molecule is COC(=O)c1ccc(NC(=O)N[C@H](C)c2ccc(C(C)C)cc2)cc1. The lowest BCUT2D eigenvalue weighted by molar-refractivity contribution is 0.0600. The molecule has 2 aromatic rings. The lowest BCUT2D eigenvalue weighted by atomic mass is 10.00. The molecule has 0 aromatic heterocycles. The van der Waals surface area contributed by atoms with Crippen LogP contribution in [0.3, 0.4) is 0 Å². The Hall–Kier alpha value is -2.82. The summed E-state index contributed by atoms with van der Waals surface area (Å²) in [5, 5.41) is 5.65. The van der Waals surface area contributed by atoms with E-state index in [1.54, 1.807) is 24.3 Å². The number of anilines is 1. The molecule has 25 heavy (non-hydrogen) atoms. The number of hydrogen-bond donors (Lipinski definition) is 2. The molecule has 0 saturated carbocycles. The minimum atomic E-state index is -0.408. The number of methoxy groups -OCH3 is 1. The number of benzene rings is 2. The molecule has 0 fully saturated rings. The van der Waals surface area contributed by atoms with Gasteiger partial charge in [-0.25, -0.2) is 9.59 Å². The zero-order valence-corrected chi connectivity index (χ0v) is 15.0. The van der Waals surface area contributed by atoms with E-state index in [0.29, 0.717) is 17.2 Å². The zero-order valence-electron chi connectivity index (χ0n) is 15.0. The molecule has 0 heterocycles. The minimum Gasteiger partial charge on any atom is -0.465 e. The second-order valence-corrected chi connectivity index (χ2v) is 6.21. The van der Waals surface area contributed by atoms with Gasteiger partial charge in [-0.2, -0.15) is 0 Å². The number of nitrogens with one attached hydrogen (secondary N) is 2. The van der Waals surface area contributed by atoms with Crippen LogP contribution >= 0.6 is 0 Å². The standard InChI is InChI=1S/C20H24N2O3/c1-13(2)15-5-7-16(8-6-15)14(3)21-20(24)22-18-11-9-17(10-12-18)19(23)25-4/h5-14H,1-4H3,(H2,21,22,24)/t14-/m1/s1. The van der Waals surface area contributed by atoms with Crippen LogP contribution < -0.4 is 10.6 Å². The molecule has 0 saturated heterocycles. The quantitative estimate of drug-likeness (QED) is 0.789. The van der Waals surface area contributed by atoms with Crippen molar-refractivity contribution >= 4 is 17.7 Å². The first-order valence-corrected chi connectivity index (χ1v) is 8.26. The van der Waals surface area contributed by atoms with Gasteiger partial charge in [-0.3, -0.25) is 0 Å². The number of urea groups is 1. The van der Waals surface area contributed by atoms with Crippen LogP contribution in [0.4, 0.5) is 10.5 Å². The first-order valence-electron chi connectivity index (χ1n) is 8.26. The van der Waals surface area contributed by atoms with Gasteiger partial charge in [-0.15, -0.1) is 0 Å². The third-order valence-corrected chi connectivity index (χ3v) is 4.01. The molecule has 5 heteroatoms. The maximum Gasteiger partial charge on any atom is 0.337 e. The van der Waals surface area contributed by atoms with Crippen LogP contribution in [-0.2, 0) is 4.74 Å². The van der Waals surface area contributed by atoms with E-state index in [4.69, 9.17) is 0 Å². The summed E-state index contributed by atoms with van der Waals surface area (Å²) in [5.41, 5.74) is 3.35. The lowest BCUT2D eigenvalue weighted by Gasteiger charge is -2.16. The Labute approximate surface area is 148 Å². The summed E-state index contributed by atoms with van der Waals surface area (Å²) in [6, 6.07) is 14.4. The summed E-state index contributed by atoms with van der Waals surface area (Å²) in [6.07, 6.45) is 0. The second kappa shape index (κ2) is 8.33. The van der Waals surface area contributed by atoms with Gasteiger partial charge < -0.3 is 15.4 Å². The topological polar surface area (TPSA) is 67.4 Å². The summed E-state index contributed by atoms with van der Waals surface area (Å²) >= 11 is 0. The predicted octanol–water partition coefficient (Wildman–Crippen LogP) is 4.48. The molecule has 2 amide bonds. The van der Waals surface area contributed by atoms with Crippen molar-refractivity contribution in [3.8, 4) is 0 Å². The van der Waals surface area contributed by atoms with E-state index in [0.717, 1.165) is 5.56 Å². The molecule has 5 nitrogen and oxygen atoms in total. The first-order chi connectivity index (χ1) is 11.9. The predicted molar refractivity (Wildman–Crippen MR) is 98.9 cm³/mol. The largest absolute Gasteiger partial charge is 0.465 e. The molecule has 0 bridgehead atoms. The van der Waals surface area contributed by atoms with Crippen molar-refractivity contribution in [1.29, 1.82) is 0 Å². The van der Waals surface area contributed by atoms with Crippen LogP contribution in [0.5, 0.6) is 0 Å². The zero-order chi connectivity index (χ0) is 18.4. The molecule has 0 spiro atoms. The summed E-state index contributed by atoms with van der Waals surface area (Å²) in [6.45, 7) is 6.23. The highest BCUT2D eigenvalue weighted by Gasteiger charge is 2.11. The Bertz CT molecular complexity index is 722. The van der Waals surface area contributed by atoms with Crippen LogP contribution in [0.15, 0.2) is 48.5 Å². The molecule has 2 rings (SSSR count). The Balaban J connectivity index is 1.93. The molecule has 2 aromatic carbocycles. The van der Waals surface area contributed by atoms with E-state index >= 15 is 0 Å². The average Bonchev–Trinajstić information content (AvgIpc) is 2.61. The van der Waals surface area contributed by atoms with Crippen molar-refractivity contribution in [2.45, 2.75) is 32.7 Å². The highest BCUT2D eigenvalue weighted by molar-refractivity contribution is 5.92. The van der Waals surface area contributed by atoms with Crippen LogP contribution in [0.2, 0.25) is 0 Å². The molecule has 0 unspecified atom stereocenters. The van der Waals surface area contributed by atoms with Crippen molar-refractivity contribution in [3.63, 3.8) is 0 Å². The van der Waals surface area contributed by atoms with E-state index in [-0.39, 0.29) is 12.1 Å². The number of carbonyl (C=O) groups is 2. The fourth-order valence-corrected chi connectivity index (χ4v) is 2.42. The van der Waals surface area contributed by atoms with Crippen LogP contribution in [-0.4, -0.2) is 19.1 Å². The smallest absolute Gasteiger partial charge is 0.337 e. The molecule has 0 aliphatic heterocycles. The third kappa shape index (κ3) is 5.08. The highest BCUT2D eigenvalue weighted by Crippen LogP contribution is 2.19. The van der Waals surface area contributed by atoms with Gasteiger partial charge in [0.1, 0.15) is 0 Å². The number of esters is 1. The molecule has 1 atom stereocenters. The van der Waals surface area contributed by atoms with Crippen molar-refractivity contribution in [3.05, 3.63) is 65.2 Å². The van der Waals surface area contributed by atoms with Gasteiger partial charge in [0.05, 0.1) is 18.7 Å². The molecule has 2 N–H and O–H groups in total. The van der Waals surface area contributed by atoms with Crippen molar-refractivity contribution in [1.82, 2.24) is 5.32 Å². The first kappa shape index (κ1) is 18.5. The second-order valence-electron chi connectivity index (χ2n) is 6.21. The fourth-order valence-electron chi connectivity index (χ4n) is 2.42. The molecule has 0 aliphatic carbocycles. The number of rotatable bonds is 5. The van der Waals surface area contributed by atoms with E-state index in [9.17, 15) is 9.59 Å². The van der Waals surface area contributed by atoms with E-state index in [1.807, 2.05) is 19.1 Å². The van der Waals surface area contributed by atoms with Gasteiger partial charge in [0, 0.05) is 5.69 Å². The van der Waals surface area contributed by atoms with Gasteiger partial charge in [0.25, 0.3) is 0 Å². The van der Waals surface area contributed by atoms with Gasteiger partial charge in [0.15, 0.2) is 0 Å². The summed E-state index contributed by atoms with van der Waals surface area (Å²) in [7, 11) is 1.33. The highest BCUT2D eigenvalue weighted by atomic mass is 16.5. The van der Waals surface area contributed by atoms with Gasteiger partial charge >= 0.3 is 12.0 Å². The van der Waals surface area contributed by atoms with Crippen LogP contribution in [0, 0.1) is 0 Å². The van der Waals surface area contributed by atoms with E-state index < -0.39 is 5.97 Å². The minimum absolute atomic E-state index is 0.115. The Morgan fingerprint density at radius 1 is 0.880 bits per heavy atom. The lowest BCUT2D eigenvalue weighted by Crippen LogP contribution is -2.31. The van der Waals surface area contributed by atoms with Crippen molar-refractivity contribution in [2.24, 2.45) is 0 Å². The fraction of sp³-hybridized carbons (Fsp3) is 0.300. The monoisotopic (exact) mass is 340 g/mol. The Morgan fingerprint density at radius 2 is 1.44 bits per heavy atom.